The second-order valence-electron chi connectivity index (χ2n) is 7.52. The fourth-order valence-electron chi connectivity index (χ4n) is 3.29. The SMILES string of the molecule is CCCCC(=O)NNC(=O)C1CCC(CNS(=O)(=O)c2ccc(C)cc2)CC1. The minimum Gasteiger partial charge on any atom is -0.273 e. The van der Waals surface area contributed by atoms with Crippen LogP contribution in [0.15, 0.2) is 29.2 Å². The van der Waals surface area contributed by atoms with Gasteiger partial charge in [0.25, 0.3) is 0 Å². The molecule has 1 fully saturated rings. The minimum absolute atomic E-state index is 0.142. The molecule has 0 spiro atoms. The maximum Gasteiger partial charge on any atom is 0.241 e. The molecule has 1 saturated carbocycles. The number of sulfonamides is 1. The van der Waals surface area contributed by atoms with E-state index < -0.39 is 10.0 Å². The number of hydrogen-bond donors (Lipinski definition) is 3. The van der Waals surface area contributed by atoms with E-state index in [0.29, 0.717) is 25.8 Å². The summed E-state index contributed by atoms with van der Waals surface area (Å²) < 4.78 is 27.4. The average Bonchev–Trinajstić information content (AvgIpc) is 2.69. The van der Waals surface area contributed by atoms with Crippen molar-refractivity contribution >= 4 is 21.8 Å². The highest BCUT2D eigenvalue weighted by atomic mass is 32.2. The Balaban J connectivity index is 1.72. The molecule has 0 bridgehead atoms. The quantitative estimate of drug-likeness (QED) is 0.574. The van der Waals surface area contributed by atoms with Crippen molar-refractivity contribution in [2.75, 3.05) is 6.54 Å². The largest absolute Gasteiger partial charge is 0.273 e. The number of hydrazine groups is 1. The molecular formula is C20H31N3O4S. The van der Waals surface area contributed by atoms with Gasteiger partial charge in [-0.2, -0.15) is 0 Å². The Hall–Kier alpha value is -1.93. The summed E-state index contributed by atoms with van der Waals surface area (Å²) in [7, 11) is -3.51. The fraction of sp³-hybridized carbons (Fsp3) is 0.600. The van der Waals surface area contributed by atoms with Gasteiger partial charge in [-0.1, -0.05) is 31.0 Å². The summed E-state index contributed by atoms with van der Waals surface area (Å²) in [6, 6.07) is 6.76. The van der Waals surface area contributed by atoms with Crippen molar-refractivity contribution in [1.29, 1.82) is 0 Å². The molecule has 0 unspecified atom stereocenters. The van der Waals surface area contributed by atoms with Gasteiger partial charge in [0.05, 0.1) is 4.90 Å². The zero-order valence-electron chi connectivity index (χ0n) is 16.7. The van der Waals surface area contributed by atoms with Crippen LogP contribution in [0.5, 0.6) is 0 Å². The Labute approximate surface area is 167 Å². The summed E-state index contributed by atoms with van der Waals surface area (Å²) in [5.41, 5.74) is 5.98. The number of amides is 2. The van der Waals surface area contributed by atoms with Crippen LogP contribution in [0.4, 0.5) is 0 Å². The molecule has 8 heteroatoms. The lowest BCUT2D eigenvalue weighted by atomic mass is 9.82. The molecule has 0 heterocycles. The third-order valence-corrected chi connectivity index (χ3v) is 6.63. The van der Waals surface area contributed by atoms with Crippen LogP contribution in [0.3, 0.4) is 0 Å². The molecule has 0 atom stereocenters. The number of hydrogen-bond acceptors (Lipinski definition) is 4. The summed E-state index contributed by atoms with van der Waals surface area (Å²) in [5.74, 6) is -0.266. The van der Waals surface area contributed by atoms with Gasteiger partial charge in [0.1, 0.15) is 0 Å². The van der Waals surface area contributed by atoms with Gasteiger partial charge in [0, 0.05) is 18.9 Å². The van der Waals surface area contributed by atoms with Crippen molar-refractivity contribution < 1.29 is 18.0 Å². The van der Waals surface area contributed by atoms with Crippen LogP contribution in [0.2, 0.25) is 0 Å². The Morgan fingerprint density at radius 2 is 1.68 bits per heavy atom. The van der Waals surface area contributed by atoms with E-state index in [4.69, 9.17) is 0 Å². The van der Waals surface area contributed by atoms with Gasteiger partial charge in [-0.25, -0.2) is 13.1 Å². The second kappa shape index (κ2) is 10.6. The first-order valence-corrected chi connectivity index (χ1v) is 11.4. The van der Waals surface area contributed by atoms with Gasteiger partial charge >= 0.3 is 0 Å². The molecule has 2 amide bonds. The summed E-state index contributed by atoms with van der Waals surface area (Å²) in [5, 5.41) is 0. The number of unbranched alkanes of at least 4 members (excludes halogenated alkanes) is 1. The van der Waals surface area contributed by atoms with Gasteiger partial charge in [0.15, 0.2) is 0 Å². The first-order valence-electron chi connectivity index (χ1n) is 9.97. The first-order chi connectivity index (χ1) is 13.3. The smallest absolute Gasteiger partial charge is 0.241 e. The number of carbonyl (C=O) groups excluding carboxylic acids is 2. The third-order valence-electron chi connectivity index (χ3n) is 5.19. The molecule has 0 saturated heterocycles. The predicted octanol–water partition coefficient (Wildman–Crippen LogP) is 2.42. The van der Waals surface area contributed by atoms with Crippen molar-refractivity contribution in [3.05, 3.63) is 29.8 Å². The molecule has 0 aliphatic heterocycles. The molecule has 28 heavy (non-hydrogen) atoms. The van der Waals surface area contributed by atoms with Gasteiger partial charge < -0.3 is 0 Å². The van der Waals surface area contributed by atoms with E-state index in [1.54, 1.807) is 24.3 Å². The molecule has 0 radical (unpaired) electrons. The van der Waals surface area contributed by atoms with Crippen LogP contribution >= 0.6 is 0 Å². The monoisotopic (exact) mass is 409 g/mol. The lowest BCUT2D eigenvalue weighted by Gasteiger charge is -2.27. The molecular weight excluding hydrogens is 378 g/mol. The molecule has 156 valence electrons. The van der Waals surface area contributed by atoms with Crippen molar-refractivity contribution in [3.8, 4) is 0 Å². The maximum absolute atomic E-state index is 12.4. The van der Waals surface area contributed by atoms with Gasteiger partial charge in [-0.3, -0.25) is 20.4 Å². The highest BCUT2D eigenvalue weighted by Gasteiger charge is 2.27. The van der Waals surface area contributed by atoms with Crippen LogP contribution in [0.25, 0.3) is 0 Å². The highest BCUT2D eigenvalue weighted by molar-refractivity contribution is 7.89. The standard InChI is InChI=1S/C20H31N3O4S/c1-3-4-5-19(24)22-23-20(25)17-10-8-16(9-11-17)14-21-28(26,27)18-12-6-15(2)7-13-18/h6-7,12-13,16-17,21H,3-5,8-11,14H2,1-2H3,(H,22,24)(H,23,25). The molecule has 3 N–H and O–H groups in total. The number of carbonyl (C=O) groups is 2. The summed E-state index contributed by atoms with van der Waals surface area (Å²) in [6.07, 6.45) is 5.06. The third kappa shape index (κ3) is 6.91. The Morgan fingerprint density at radius 3 is 2.29 bits per heavy atom. The Kier molecular flexibility index (Phi) is 8.44. The molecule has 1 aliphatic rings. The molecule has 2 rings (SSSR count). The number of nitrogens with one attached hydrogen (secondary N) is 3. The number of benzene rings is 1. The molecule has 1 aromatic rings. The Morgan fingerprint density at radius 1 is 1.04 bits per heavy atom. The predicted molar refractivity (Wildman–Crippen MR) is 108 cm³/mol. The summed E-state index contributed by atoms with van der Waals surface area (Å²) in [4.78, 5) is 24.0. The Bertz CT molecular complexity index is 754. The average molecular weight is 410 g/mol. The molecule has 0 aromatic heterocycles. The van der Waals surface area contributed by atoms with Crippen molar-refractivity contribution in [3.63, 3.8) is 0 Å². The van der Waals surface area contributed by atoms with Crippen LogP contribution in [0, 0.1) is 18.8 Å². The zero-order chi connectivity index (χ0) is 20.6. The van der Waals surface area contributed by atoms with Crippen molar-refractivity contribution in [2.45, 2.75) is 63.7 Å². The van der Waals surface area contributed by atoms with Crippen molar-refractivity contribution in [2.24, 2.45) is 11.8 Å². The maximum atomic E-state index is 12.4. The molecule has 1 aromatic carbocycles. The minimum atomic E-state index is -3.51. The fourth-order valence-corrected chi connectivity index (χ4v) is 4.41. The van der Waals surface area contributed by atoms with E-state index in [2.05, 4.69) is 15.6 Å². The number of rotatable bonds is 8. The van der Waals surface area contributed by atoms with Crippen LogP contribution < -0.4 is 15.6 Å². The van der Waals surface area contributed by atoms with E-state index in [1.165, 1.54) is 0 Å². The molecule has 7 nitrogen and oxygen atoms in total. The second-order valence-corrected chi connectivity index (χ2v) is 9.29. The summed E-state index contributed by atoms with van der Waals surface area (Å²) in [6.45, 7) is 4.29. The van der Waals surface area contributed by atoms with Crippen LogP contribution in [0.1, 0.15) is 57.4 Å². The van der Waals surface area contributed by atoms with E-state index in [9.17, 15) is 18.0 Å². The van der Waals surface area contributed by atoms with Crippen molar-refractivity contribution in [1.82, 2.24) is 15.6 Å². The molecule has 1 aliphatic carbocycles. The van der Waals surface area contributed by atoms with Gasteiger partial charge in [-0.15, -0.1) is 0 Å². The topological polar surface area (TPSA) is 104 Å². The van der Waals surface area contributed by atoms with Gasteiger partial charge in [0.2, 0.25) is 21.8 Å². The van der Waals surface area contributed by atoms with E-state index in [1.807, 2.05) is 13.8 Å². The summed E-state index contributed by atoms with van der Waals surface area (Å²) >= 11 is 0. The normalized spacial score (nSPS) is 19.8. The van der Waals surface area contributed by atoms with E-state index in [-0.39, 0.29) is 28.5 Å². The van der Waals surface area contributed by atoms with Crippen LogP contribution in [-0.2, 0) is 19.6 Å². The zero-order valence-corrected chi connectivity index (χ0v) is 17.5. The lowest BCUT2D eigenvalue weighted by Crippen LogP contribution is -2.45. The van der Waals surface area contributed by atoms with E-state index >= 15 is 0 Å². The number of aryl methyl sites for hydroxylation is 1. The van der Waals surface area contributed by atoms with Gasteiger partial charge in [-0.05, 0) is 57.1 Å². The highest BCUT2D eigenvalue weighted by Crippen LogP contribution is 2.28. The first kappa shape index (κ1) is 22.4. The van der Waals surface area contributed by atoms with Crippen LogP contribution in [-0.4, -0.2) is 26.8 Å². The van der Waals surface area contributed by atoms with E-state index in [0.717, 1.165) is 31.2 Å². The lowest BCUT2D eigenvalue weighted by molar-refractivity contribution is -0.132.